The SMILES string of the molecule is COc1ccc2sc(C(=O)OCC(C)(C)C(O)C(C)(C)C)cc2c1. The predicted molar refractivity (Wildman–Crippen MR) is 97.9 cm³/mol. The summed E-state index contributed by atoms with van der Waals surface area (Å²) < 4.78 is 11.7. The largest absolute Gasteiger partial charge is 0.497 e. The van der Waals surface area contributed by atoms with Crippen LogP contribution < -0.4 is 4.74 Å². The van der Waals surface area contributed by atoms with Crippen LogP contribution in [0.5, 0.6) is 5.75 Å². The fourth-order valence-corrected chi connectivity index (χ4v) is 3.76. The summed E-state index contributed by atoms with van der Waals surface area (Å²) in [5.74, 6) is 0.402. The Bertz CT molecular complexity index is 725. The van der Waals surface area contributed by atoms with E-state index in [2.05, 4.69) is 0 Å². The average Bonchev–Trinajstić information content (AvgIpc) is 2.93. The summed E-state index contributed by atoms with van der Waals surface area (Å²) >= 11 is 1.40. The number of carbonyl (C=O) groups excluding carboxylic acids is 1. The molecule has 4 nitrogen and oxygen atoms in total. The standard InChI is InChI=1S/C19H26O4S/c1-18(2,3)17(21)19(4,5)11-23-16(20)15-10-12-9-13(22-6)7-8-14(12)24-15/h7-10,17,21H,11H2,1-6H3. The molecule has 0 aliphatic rings. The highest BCUT2D eigenvalue weighted by molar-refractivity contribution is 7.20. The molecule has 0 amide bonds. The maximum Gasteiger partial charge on any atom is 0.348 e. The Kier molecular flexibility index (Phi) is 5.25. The molecule has 0 spiro atoms. The number of ether oxygens (including phenoxy) is 2. The molecule has 2 aromatic rings. The van der Waals surface area contributed by atoms with Gasteiger partial charge < -0.3 is 14.6 Å². The van der Waals surface area contributed by atoms with E-state index in [1.54, 1.807) is 7.11 Å². The fraction of sp³-hybridized carbons (Fsp3) is 0.526. The van der Waals surface area contributed by atoms with Crippen LogP contribution in [0.1, 0.15) is 44.3 Å². The third-order valence-electron chi connectivity index (χ3n) is 4.06. The third kappa shape index (κ3) is 4.08. The second kappa shape index (κ2) is 6.73. The number of fused-ring (bicyclic) bond motifs is 1. The Labute approximate surface area is 147 Å². The lowest BCUT2D eigenvalue weighted by atomic mass is 9.73. The van der Waals surface area contributed by atoms with Crippen LogP contribution >= 0.6 is 11.3 Å². The van der Waals surface area contributed by atoms with Gasteiger partial charge in [0.1, 0.15) is 10.6 Å². The molecule has 1 aromatic heterocycles. The molecular formula is C19H26O4S. The Hall–Kier alpha value is -1.59. The number of rotatable bonds is 5. The molecule has 1 unspecified atom stereocenters. The summed E-state index contributed by atoms with van der Waals surface area (Å²) in [5.41, 5.74) is -0.794. The number of thiophene rings is 1. The van der Waals surface area contributed by atoms with Crippen molar-refractivity contribution in [3.63, 3.8) is 0 Å². The van der Waals surface area contributed by atoms with Crippen LogP contribution in [0.3, 0.4) is 0 Å². The van der Waals surface area contributed by atoms with Crippen molar-refractivity contribution in [3.8, 4) is 5.75 Å². The van der Waals surface area contributed by atoms with Crippen molar-refractivity contribution in [1.29, 1.82) is 0 Å². The summed E-state index contributed by atoms with van der Waals surface area (Å²) in [7, 11) is 1.62. The zero-order chi connectivity index (χ0) is 18.1. The van der Waals surface area contributed by atoms with Gasteiger partial charge in [-0.15, -0.1) is 11.3 Å². The van der Waals surface area contributed by atoms with Gasteiger partial charge in [0.05, 0.1) is 19.8 Å². The zero-order valence-electron chi connectivity index (χ0n) is 15.2. The topological polar surface area (TPSA) is 55.8 Å². The van der Waals surface area contributed by atoms with Gasteiger partial charge in [0.15, 0.2) is 0 Å². The fourth-order valence-electron chi connectivity index (χ4n) is 2.82. The van der Waals surface area contributed by atoms with Gasteiger partial charge in [-0.05, 0) is 35.1 Å². The quantitative estimate of drug-likeness (QED) is 0.807. The normalized spacial score (nSPS) is 13.8. The molecule has 5 heteroatoms. The Morgan fingerprint density at radius 3 is 2.46 bits per heavy atom. The molecule has 24 heavy (non-hydrogen) atoms. The average molecular weight is 350 g/mol. The van der Waals surface area contributed by atoms with E-state index in [4.69, 9.17) is 9.47 Å². The summed E-state index contributed by atoms with van der Waals surface area (Å²) in [6.45, 7) is 9.90. The summed E-state index contributed by atoms with van der Waals surface area (Å²) in [6.07, 6.45) is -0.579. The first kappa shape index (κ1) is 18.7. The van der Waals surface area contributed by atoms with E-state index in [0.717, 1.165) is 15.8 Å². The maximum absolute atomic E-state index is 12.4. The van der Waals surface area contributed by atoms with Crippen LogP contribution in [0.15, 0.2) is 24.3 Å². The van der Waals surface area contributed by atoms with Gasteiger partial charge in [-0.25, -0.2) is 4.79 Å². The maximum atomic E-state index is 12.4. The number of esters is 1. The first-order chi connectivity index (χ1) is 11.0. The monoisotopic (exact) mass is 350 g/mol. The molecule has 0 aliphatic heterocycles. The first-order valence-electron chi connectivity index (χ1n) is 7.97. The Morgan fingerprint density at radius 2 is 1.88 bits per heavy atom. The molecule has 0 radical (unpaired) electrons. The lowest BCUT2D eigenvalue weighted by molar-refractivity contribution is -0.0632. The van der Waals surface area contributed by atoms with E-state index in [-0.39, 0.29) is 18.0 Å². The predicted octanol–water partition coefficient (Wildman–Crippen LogP) is 4.50. The number of hydrogen-bond acceptors (Lipinski definition) is 5. The van der Waals surface area contributed by atoms with E-state index in [1.807, 2.05) is 58.9 Å². The van der Waals surface area contributed by atoms with E-state index in [0.29, 0.717) is 4.88 Å². The van der Waals surface area contributed by atoms with Crippen molar-refractivity contribution in [2.75, 3.05) is 13.7 Å². The lowest BCUT2D eigenvalue weighted by Gasteiger charge is -2.38. The van der Waals surface area contributed by atoms with Gasteiger partial charge in [-0.3, -0.25) is 0 Å². The molecule has 0 saturated carbocycles. The Morgan fingerprint density at radius 1 is 1.21 bits per heavy atom. The molecule has 0 fully saturated rings. The minimum atomic E-state index is -0.579. The number of aliphatic hydroxyl groups is 1. The minimum absolute atomic E-state index is 0.168. The van der Waals surface area contributed by atoms with E-state index in [1.165, 1.54) is 11.3 Å². The summed E-state index contributed by atoms with van der Waals surface area (Å²) in [5, 5.41) is 11.4. The summed E-state index contributed by atoms with van der Waals surface area (Å²) in [6, 6.07) is 7.52. The molecule has 1 atom stereocenters. The van der Waals surface area contributed by atoms with Crippen molar-refractivity contribution in [1.82, 2.24) is 0 Å². The van der Waals surface area contributed by atoms with Gasteiger partial charge in [-0.1, -0.05) is 34.6 Å². The van der Waals surface area contributed by atoms with Crippen LogP contribution in [0.4, 0.5) is 0 Å². The van der Waals surface area contributed by atoms with Crippen molar-refractivity contribution in [2.45, 2.75) is 40.7 Å². The molecule has 0 saturated heterocycles. The number of carbonyl (C=O) groups is 1. The molecule has 0 bridgehead atoms. The van der Waals surface area contributed by atoms with Crippen LogP contribution in [0.25, 0.3) is 10.1 Å². The van der Waals surface area contributed by atoms with Crippen molar-refractivity contribution >= 4 is 27.4 Å². The summed E-state index contributed by atoms with van der Waals surface area (Å²) in [4.78, 5) is 12.9. The minimum Gasteiger partial charge on any atom is -0.497 e. The second-order valence-electron chi connectivity index (χ2n) is 7.85. The van der Waals surface area contributed by atoms with Crippen molar-refractivity contribution < 1.29 is 19.4 Å². The van der Waals surface area contributed by atoms with Gasteiger partial charge >= 0.3 is 5.97 Å². The number of aliphatic hydroxyl groups excluding tert-OH is 1. The van der Waals surface area contributed by atoms with Gasteiger partial charge in [0, 0.05) is 10.1 Å². The number of benzene rings is 1. The van der Waals surface area contributed by atoms with Crippen molar-refractivity contribution in [2.24, 2.45) is 10.8 Å². The smallest absolute Gasteiger partial charge is 0.348 e. The highest BCUT2D eigenvalue weighted by atomic mass is 32.1. The van der Waals surface area contributed by atoms with Crippen LogP contribution in [0, 0.1) is 10.8 Å². The zero-order valence-corrected chi connectivity index (χ0v) is 16.0. The Balaban J connectivity index is 2.10. The van der Waals surface area contributed by atoms with Gasteiger partial charge in [0.2, 0.25) is 0 Å². The van der Waals surface area contributed by atoms with E-state index >= 15 is 0 Å². The second-order valence-corrected chi connectivity index (χ2v) is 8.93. The molecule has 1 aromatic carbocycles. The highest BCUT2D eigenvalue weighted by Crippen LogP contribution is 2.35. The third-order valence-corrected chi connectivity index (χ3v) is 5.16. The van der Waals surface area contributed by atoms with Gasteiger partial charge in [-0.2, -0.15) is 0 Å². The molecule has 2 rings (SSSR count). The number of methoxy groups -OCH3 is 1. The van der Waals surface area contributed by atoms with Crippen LogP contribution in [0.2, 0.25) is 0 Å². The first-order valence-corrected chi connectivity index (χ1v) is 8.79. The van der Waals surface area contributed by atoms with E-state index in [9.17, 15) is 9.90 Å². The van der Waals surface area contributed by atoms with Gasteiger partial charge in [0.25, 0.3) is 0 Å². The highest BCUT2D eigenvalue weighted by Gasteiger charge is 2.37. The number of hydrogen-bond donors (Lipinski definition) is 1. The van der Waals surface area contributed by atoms with Crippen LogP contribution in [-0.2, 0) is 4.74 Å². The van der Waals surface area contributed by atoms with E-state index < -0.39 is 11.5 Å². The lowest BCUT2D eigenvalue weighted by Crippen LogP contribution is -2.43. The molecule has 0 aliphatic carbocycles. The molecule has 132 valence electrons. The molecule has 1 heterocycles. The van der Waals surface area contributed by atoms with Crippen molar-refractivity contribution in [3.05, 3.63) is 29.1 Å². The molecular weight excluding hydrogens is 324 g/mol. The van der Waals surface area contributed by atoms with Crippen LogP contribution in [-0.4, -0.2) is 30.9 Å². The molecule has 1 N–H and O–H groups in total.